The molecule has 0 spiro atoms. The van der Waals surface area contributed by atoms with Crippen LogP contribution in [0.4, 0.5) is 0 Å². The summed E-state index contributed by atoms with van der Waals surface area (Å²) in [5, 5.41) is -0.323. The summed E-state index contributed by atoms with van der Waals surface area (Å²) >= 11 is 6.18. The number of rotatable bonds is 5. The first-order valence-corrected chi connectivity index (χ1v) is 7.45. The minimum absolute atomic E-state index is 0.108. The number of benzene rings is 1. The molecular formula is C16H21ClO. The maximum absolute atomic E-state index is 12.0. The molecule has 0 amide bonds. The third-order valence-electron chi connectivity index (χ3n) is 3.85. The summed E-state index contributed by atoms with van der Waals surface area (Å²) in [6, 6.07) is 7.98. The van der Waals surface area contributed by atoms with Crippen LogP contribution >= 0.6 is 11.6 Å². The summed E-state index contributed by atoms with van der Waals surface area (Å²) in [6.45, 7) is 2.23. The van der Waals surface area contributed by atoms with Gasteiger partial charge in [-0.05, 0) is 24.3 Å². The van der Waals surface area contributed by atoms with Crippen molar-refractivity contribution in [1.29, 1.82) is 0 Å². The van der Waals surface area contributed by atoms with E-state index in [0.29, 0.717) is 5.92 Å². The molecule has 18 heavy (non-hydrogen) atoms. The van der Waals surface area contributed by atoms with Gasteiger partial charge in [-0.2, -0.15) is 0 Å². The SMILES string of the molecule is CCCCCC[C@@H]1C[C@H](Cl)C(=O)c2ccccc21. The van der Waals surface area contributed by atoms with Gasteiger partial charge in [0.1, 0.15) is 0 Å². The number of unbranched alkanes of at least 4 members (excludes halogenated alkanes) is 3. The van der Waals surface area contributed by atoms with Gasteiger partial charge in [0.05, 0.1) is 5.38 Å². The van der Waals surface area contributed by atoms with Crippen LogP contribution in [0.5, 0.6) is 0 Å². The van der Waals surface area contributed by atoms with Gasteiger partial charge in [-0.1, -0.05) is 56.9 Å². The summed E-state index contributed by atoms with van der Waals surface area (Å²) < 4.78 is 0. The number of hydrogen-bond acceptors (Lipinski definition) is 1. The Hall–Kier alpha value is -0.820. The summed E-state index contributed by atoms with van der Waals surface area (Å²) in [4.78, 5) is 12.0. The number of alkyl halides is 1. The second-order valence-corrected chi connectivity index (χ2v) is 5.73. The Morgan fingerprint density at radius 3 is 2.78 bits per heavy atom. The van der Waals surface area contributed by atoms with E-state index in [1.807, 2.05) is 18.2 Å². The zero-order valence-corrected chi connectivity index (χ0v) is 11.7. The van der Waals surface area contributed by atoms with Crippen LogP contribution in [0.3, 0.4) is 0 Å². The summed E-state index contributed by atoms with van der Waals surface area (Å²) in [7, 11) is 0. The molecule has 2 atom stereocenters. The smallest absolute Gasteiger partial charge is 0.180 e. The molecule has 1 aliphatic rings. The van der Waals surface area contributed by atoms with E-state index in [-0.39, 0.29) is 11.2 Å². The van der Waals surface area contributed by atoms with E-state index in [1.165, 1.54) is 31.2 Å². The highest BCUT2D eigenvalue weighted by Gasteiger charge is 2.31. The number of hydrogen-bond donors (Lipinski definition) is 0. The minimum atomic E-state index is -0.323. The third-order valence-corrected chi connectivity index (χ3v) is 4.22. The number of fused-ring (bicyclic) bond motifs is 1. The van der Waals surface area contributed by atoms with Crippen LogP contribution in [-0.4, -0.2) is 11.2 Å². The van der Waals surface area contributed by atoms with Gasteiger partial charge in [0.2, 0.25) is 0 Å². The van der Waals surface area contributed by atoms with Crippen LogP contribution in [0.15, 0.2) is 24.3 Å². The van der Waals surface area contributed by atoms with Gasteiger partial charge in [-0.15, -0.1) is 11.6 Å². The van der Waals surface area contributed by atoms with Crippen molar-refractivity contribution >= 4 is 17.4 Å². The fraction of sp³-hybridized carbons (Fsp3) is 0.562. The van der Waals surface area contributed by atoms with E-state index in [1.54, 1.807) is 0 Å². The predicted octanol–water partition coefficient (Wildman–Crippen LogP) is 4.93. The fourth-order valence-electron chi connectivity index (χ4n) is 2.82. The van der Waals surface area contributed by atoms with Crippen LogP contribution in [0.25, 0.3) is 0 Å². The predicted molar refractivity (Wildman–Crippen MR) is 76.5 cm³/mol. The lowest BCUT2D eigenvalue weighted by Crippen LogP contribution is -2.26. The second-order valence-electron chi connectivity index (χ2n) is 5.20. The standard InChI is InChI=1S/C16H21ClO/c1-2-3-4-5-8-12-11-15(17)16(18)14-10-7-6-9-13(12)14/h6-7,9-10,12,15H,2-5,8,11H2,1H3/t12-,15+/m1/s1. The van der Waals surface area contributed by atoms with Crippen LogP contribution < -0.4 is 0 Å². The number of halogens is 1. The number of carbonyl (C=O) groups is 1. The van der Waals surface area contributed by atoms with Gasteiger partial charge in [-0.25, -0.2) is 0 Å². The first kappa shape index (κ1) is 13.6. The first-order chi connectivity index (χ1) is 8.74. The number of ketones is 1. The quantitative estimate of drug-likeness (QED) is 0.544. The number of Topliss-reactive ketones (excluding diaryl/α,β-unsaturated/α-hetero) is 1. The van der Waals surface area contributed by atoms with Gasteiger partial charge in [0, 0.05) is 5.56 Å². The van der Waals surface area contributed by atoms with Gasteiger partial charge in [0.15, 0.2) is 5.78 Å². The monoisotopic (exact) mass is 264 g/mol. The van der Waals surface area contributed by atoms with Gasteiger partial charge < -0.3 is 0 Å². The van der Waals surface area contributed by atoms with Gasteiger partial charge in [-0.3, -0.25) is 4.79 Å². The molecule has 0 aliphatic heterocycles. The Morgan fingerprint density at radius 2 is 2.00 bits per heavy atom. The van der Waals surface area contributed by atoms with Crippen molar-refractivity contribution in [2.24, 2.45) is 0 Å². The van der Waals surface area contributed by atoms with Crippen molar-refractivity contribution in [1.82, 2.24) is 0 Å². The Balaban J connectivity index is 2.07. The molecule has 0 heterocycles. The highest BCUT2D eigenvalue weighted by molar-refractivity contribution is 6.34. The average Bonchev–Trinajstić information content (AvgIpc) is 2.40. The lowest BCUT2D eigenvalue weighted by atomic mass is 9.79. The van der Waals surface area contributed by atoms with Crippen molar-refractivity contribution < 1.29 is 4.79 Å². The molecule has 0 radical (unpaired) electrons. The van der Waals surface area contributed by atoms with Crippen molar-refractivity contribution in [2.45, 2.75) is 56.7 Å². The van der Waals surface area contributed by atoms with Crippen molar-refractivity contribution in [3.8, 4) is 0 Å². The van der Waals surface area contributed by atoms with Crippen molar-refractivity contribution in [3.63, 3.8) is 0 Å². The Kier molecular flexibility index (Phi) is 4.82. The first-order valence-electron chi connectivity index (χ1n) is 7.01. The largest absolute Gasteiger partial charge is 0.292 e. The van der Waals surface area contributed by atoms with E-state index in [4.69, 9.17) is 11.6 Å². The normalized spacial score (nSPS) is 22.9. The molecule has 0 fully saturated rings. The fourth-order valence-corrected chi connectivity index (χ4v) is 3.15. The summed E-state index contributed by atoms with van der Waals surface area (Å²) in [5.41, 5.74) is 2.07. The molecule has 0 bridgehead atoms. The Bertz CT molecular complexity index is 413. The van der Waals surface area contributed by atoms with E-state index in [2.05, 4.69) is 13.0 Å². The lowest BCUT2D eigenvalue weighted by Gasteiger charge is -2.27. The third kappa shape index (κ3) is 2.95. The van der Waals surface area contributed by atoms with E-state index in [0.717, 1.165) is 18.4 Å². The van der Waals surface area contributed by atoms with Crippen LogP contribution in [0.1, 0.15) is 67.3 Å². The van der Waals surface area contributed by atoms with E-state index >= 15 is 0 Å². The lowest BCUT2D eigenvalue weighted by molar-refractivity contribution is 0.0970. The Morgan fingerprint density at radius 1 is 1.22 bits per heavy atom. The molecule has 0 N–H and O–H groups in total. The molecule has 0 saturated heterocycles. The molecule has 2 rings (SSSR count). The van der Waals surface area contributed by atoms with Crippen molar-refractivity contribution in [3.05, 3.63) is 35.4 Å². The van der Waals surface area contributed by atoms with Gasteiger partial charge >= 0.3 is 0 Å². The minimum Gasteiger partial charge on any atom is -0.292 e. The molecule has 98 valence electrons. The van der Waals surface area contributed by atoms with Gasteiger partial charge in [0.25, 0.3) is 0 Å². The molecule has 1 aromatic carbocycles. The van der Waals surface area contributed by atoms with E-state index < -0.39 is 0 Å². The number of carbonyl (C=O) groups excluding carboxylic acids is 1. The highest BCUT2D eigenvalue weighted by Crippen LogP contribution is 2.37. The van der Waals surface area contributed by atoms with E-state index in [9.17, 15) is 4.79 Å². The average molecular weight is 265 g/mol. The molecule has 0 unspecified atom stereocenters. The van der Waals surface area contributed by atoms with Crippen LogP contribution in [0.2, 0.25) is 0 Å². The molecule has 1 nitrogen and oxygen atoms in total. The molecule has 0 aromatic heterocycles. The summed E-state index contributed by atoms with van der Waals surface area (Å²) in [6.07, 6.45) is 7.06. The molecule has 0 saturated carbocycles. The zero-order chi connectivity index (χ0) is 13.0. The molecule has 2 heteroatoms. The topological polar surface area (TPSA) is 17.1 Å². The summed E-state index contributed by atoms with van der Waals surface area (Å²) in [5.74, 6) is 0.579. The molecular weight excluding hydrogens is 244 g/mol. The highest BCUT2D eigenvalue weighted by atomic mass is 35.5. The Labute approximate surface area is 115 Å². The second kappa shape index (κ2) is 6.38. The van der Waals surface area contributed by atoms with Crippen molar-refractivity contribution in [2.75, 3.05) is 0 Å². The van der Waals surface area contributed by atoms with Crippen LogP contribution in [0, 0.1) is 0 Å². The zero-order valence-electron chi connectivity index (χ0n) is 11.0. The van der Waals surface area contributed by atoms with Crippen LogP contribution in [-0.2, 0) is 0 Å². The molecule has 1 aromatic rings. The maximum Gasteiger partial charge on any atom is 0.180 e. The maximum atomic E-state index is 12.0. The molecule has 1 aliphatic carbocycles.